The first-order valence-electron chi connectivity index (χ1n) is 5.19. The third kappa shape index (κ3) is 1.17. The van der Waals surface area contributed by atoms with Crippen molar-refractivity contribution in [2.24, 2.45) is 5.92 Å². The molecule has 1 aromatic rings. The topological polar surface area (TPSA) is 9.23 Å². The van der Waals surface area contributed by atoms with Gasteiger partial charge in [-0.15, -0.1) is 0 Å². The quantitative estimate of drug-likeness (QED) is 0.744. The molecule has 0 radical (unpaired) electrons. The van der Waals surface area contributed by atoms with E-state index >= 15 is 0 Å². The predicted molar refractivity (Wildman–Crippen MR) is 59.1 cm³/mol. The van der Waals surface area contributed by atoms with Crippen LogP contribution in [0.1, 0.15) is 24.8 Å². The summed E-state index contributed by atoms with van der Waals surface area (Å²) in [6.07, 6.45) is 3.75. The molecule has 1 aromatic carbocycles. The molecule has 0 amide bonds. The molecule has 2 heteroatoms. The Labute approximate surface area is 92.6 Å². The number of benzene rings is 1. The molecule has 2 aliphatic rings. The van der Waals surface area contributed by atoms with E-state index in [2.05, 4.69) is 40.2 Å². The van der Waals surface area contributed by atoms with E-state index in [1.165, 1.54) is 29.3 Å². The van der Waals surface area contributed by atoms with Gasteiger partial charge in [-0.05, 0) is 36.8 Å². The van der Waals surface area contributed by atoms with Gasteiger partial charge in [0.25, 0.3) is 0 Å². The molecule has 2 unspecified atom stereocenters. The summed E-state index contributed by atoms with van der Waals surface area (Å²) >= 11 is 3.62. The molecule has 14 heavy (non-hydrogen) atoms. The summed E-state index contributed by atoms with van der Waals surface area (Å²) in [7, 11) is 0. The van der Waals surface area contributed by atoms with E-state index in [0.717, 1.165) is 12.5 Å². The van der Waals surface area contributed by atoms with Gasteiger partial charge in [-0.1, -0.05) is 34.1 Å². The molecule has 1 saturated heterocycles. The van der Waals surface area contributed by atoms with Gasteiger partial charge in [0.2, 0.25) is 0 Å². The van der Waals surface area contributed by atoms with Crippen LogP contribution >= 0.6 is 15.9 Å². The highest BCUT2D eigenvalue weighted by molar-refractivity contribution is 9.10. The summed E-state index contributed by atoms with van der Waals surface area (Å²) < 4.78 is 7.17. The molecule has 1 aliphatic heterocycles. The first kappa shape index (κ1) is 8.93. The number of hydrogen-bond acceptors (Lipinski definition) is 1. The second-order valence-corrected chi connectivity index (χ2v) is 5.25. The molecule has 74 valence electrons. The molecule has 2 bridgehead atoms. The maximum absolute atomic E-state index is 5.98. The Bertz CT molecular complexity index is 353. The van der Waals surface area contributed by atoms with Crippen LogP contribution in [-0.4, -0.2) is 6.61 Å². The van der Waals surface area contributed by atoms with Gasteiger partial charge in [0.05, 0.1) is 12.2 Å². The Morgan fingerprint density at radius 2 is 2.21 bits per heavy atom. The van der Waals surface area contributed by atoms with Crippen molar-refractivity contribution in [3.05, 3.63) is 34.3 Å². The molecule has 1 nitrogen and oxygen atoms in total. The van der Waals surface area contributed by atoms with E-state index in [9.17, 15) is 0 Å². The van der Waals surface area contributed by atoms with Gasteiger partial charge in [0.1, 0.15) is 0 Å². The van der Waals surface area contributed by atoms with Gasteiger partial charge in [-0.25, -0.2) is 0 Å². The van der Waals surface area contributed by atoms with Crippen LogP contribution < -0.4 is 0 Å². The highest BCUT2D eigenvalue weighted by Crippen LogP contribution is 2.52. The SMILES string of the molecule is Brc1ccccc1C12CCC(CO1)C2. The van der Waals surface area contributed by atoms with Crippen molar-refractivity contribution in [3.8, 4) is 0 Å². The van der Waals surface area contributed by atoms with Crippen LogP contribution in [0.4, 0.5) is 0 Å². The monoisotopic (exact) mass is 252 g/mol. The summed E-state index contributed by atoms with van der Waals surface area (Å²) in [6, 6.07) is 8.46. The second kappa shape index (κ2) is 3.07. The molecule has 0 aromatic heterocycles. The van der Waals surface area contributed by atoms with Crippen molar-refractivity contribution < 1.29 is 4.74 Å². The normalized spacial score (nSPS) is 35.1. The second-order valence-electron chi connectivity index (χ2n) is 4.39. The largest absolute Gasteiger partial charge is 0.370 e. The van der Waals surface area contributed by atoms with Gasteiger partial charge in [0.15, 0.2) is 0 Å². The molecular formula is C12H13BrO. The van der Waals surface area contributed by atoms with Crippen LogP contribution in [0.5, 0.6) is 0 Å². The Kier molecular flexibility index (Phi) is 1.96. The van der Waals surface area contributed by atoms with Crippen LogP contribution in [0.2, 0.25) is 0 Å². The van der Waals surface area contributed by atoms with E-state index in [0.29, 0.717) is 0 Å². The van der Waals surface area contributed by atoms with Crippen molar-refractivity contribution in [2.75, 3.05) is 6.61 Å². The summed E-state index contributed by atoms with van der Waals surface area (Å²) in [5, 5.41) is 0. The van der Waals surface area contributed by atoms with Gasteiger partial charge in [-0.3, -0.25) is 0 Å². The third-order valence-electron chi connectivity index (χ3n) is 3.53. The van der Waals surface area contributed by atoms with Crippen molar-refractivity contribution in [1.29, 1.82) is 0 Å². The van der Waals surface area contributed by atoms with Crippen LogP contribution in [0.15, 0.2) is 28.7 Å². The molecule has 3 rings (SSSR count). The lowest BCUT2D eigenvalue weighted by Crippen LogP contribution is -2.24. The average Bonchev–Trinajstić information content (AvgIpc) is 2.79. The van der Waals surface area contributed by atoms with Crippen molar-refractivity contribution >= 4 is 15.9 Å². The maximum atomic E-state index is 5.98. The minimum Gasteiger partial charge on any atom is -0.370 e. The van der Waals surface area contributed by atoms with Crippen LogP contribution in [0.25, 0.3) is 0 Å². The molecule has 1 saturated carbocycles. The number of fused-ring (bicyclic) bond motifs is 2. The van der Waals surface area contributed by atoms with E-state index in [1.54, 1.807) is 0 Å². The minimum atomic E-state index is 0.0464. The zero-order valence-corrected chi connectivity index (χ0v) is 9.59. The predicted octanol–water partition coefficient (Wildman–Crippen LogP) is 3.47. The Balaban J connectivity index is 2.06. The Morgan fingerprint density at radius 3 is 2.79 bits per heavy atom. The highest BCUT2D eigenvalue weighted by atomic mass is 79.9. The van der Waals surface area contributed by atoms with Crippen molar-refractivity contribution in [2.45, 2.75) is 24.9 Å². The minimum absolute atomic E-state index is 0.0464. The smallest absolute Gasteiger partial charge is 0.0945 e. The first-order chi connectivity index (χ1) is 6.80. The lowest BCUT2D eigenvalue weighted by molar-refractivity contribution is -0.0213. The van der Waals surface area contributed by atoms with Crippen molar-refractivity contribution in [3.63, 3.8) is 0 Å². The van der Waals surface area contributed by atoms with Crippen LogP contribution in [0.3, 0.4) is 0 Å². The maximum Gasteiger partial charge on any atom is 0.0945 e. The van der Waals surface area contributed by atoms with Crippen LogP contribution in [0, 0.1) is 5.92 Å². The van der Waals surface area contributed by atoms with E-state index in [4.69, 9.17) is 4.74 Å². The molecule has 0 spiro atoms. The number of hydrogen-bond donors (Lipinski definition) is 0. The molecule has 2 atom stereocenters. The van der Waals surface area contributed by atoms with Gasteiger partial charge in [0, 0.05) is 4.47 Å². The summed E-state index contributed by atoms with van der Waals surface area (Å²) in [6.45, 7) is 0.960. The third-order valence-corrected chi connectivity index (χ3v) is 4.23. The van der Waals surface area contributed by atoms with E-state index < -0.39 is 0 Å². The number of ether oxygens (including phenoxy) is 1. The molecule has 0 N–H and O–H groups in total. The standard InChI is InChI=1S/C12H13BrO/c13-11-4-2-1-3-10(11)12-6-5-9(7-12)8-14-12/h1-4,9H,5-8H2. The average molecular weight is 253 g/mol. The number of halogens is 1. The van der Waals surface area contributed by atoms with E-state index in [1.807, 2.05) is 0 Å². The zero-order chi connectivity index (χ0) is 9.60. The van der Waals surface area contributed by atoms with Crippen molar-refractivity contribution in [1.82, 2.24) is 0 Å². The first-order valence-corrected chi connectivity index (χ1v) is 5.98. The summed E-state index contributed by atoms with van der Waals surface area (Å²) in [5.41, 5.74) is 1.39. The van der Waals surface area contributed by atoms with Gasteiger partial charge >= 0.3 is 0 Å². The summed E-state index contributed by atoms with van der Waals surface area (Å²) in [4.78, 5) is 0. The molecular weight excluding hydrogens is 240 g/mol. The fraction of sp³-hybridized carbons (Fsp3) is 0.500. The molecule has 1 heterocycles. The van der Waals surface area contributed by atoms with Crippen LogP contribution in [-0.2, 0) is 10.3 Å². The highest BCUT2D eigenvalue weighted by Gasteiger charge is 2.48. The van der Waals surface area contributed by atoms with Gasteiger partial charge < -0.3 is 4.74 Å². The Hall–Kier alpha value is -0.340. The van der Waals surface area contributed by atoms with E-state index in [-0.39, 0.29) is 5.60 Å². The summed E-state index contributed by atoms with van der Waals surface area (Å²) in [5.74, 6) is 0.808. The fourth-order valence-electron chi connectivity index (χ4n) is 2.81. The Morgan fingerprint density at radius 1 is 1.36 bits per heavy atom. The zero-order valence-electron chi connectivity index (χ0n) is 8.00. The fourth-order valence-corrected chi connectivity index (χ4v) is 3.46. The number of rotatable bonds is 1. The van der Waals surface area contributed by atoms with Gasteiger partial charge in [-0.2, -0.15) is 0 Å². The molecule has 2 fully saturated rings. The lowest BCUT2D eigenvalue weighted by atomic mass is 9.92. The lowest BCUT2D eigenvalue weighted by Gasteiger charge is -2.28. The molecule has 1 aliphatic carbocycles.